The maximum Gasteiger partial charge on any atom is 0.184 e. The molecular weight excluding hydrogens is 344 g/mol. The largest absolute Gasteiger partial charge is 0.380 e. The number of imidazole rings is 1. The monoisotopic (exact) mass is 370 g/mol. The first-order valence-electron chi connectivity index (χ1n) is 9.36. The molecule has 4 N–H and O–H groups in total. The molecular formula is C18H26N8O. The zero-order chi connectivity index (χ0) is 18.8. The maximum absolute atomic E-state index is 6.33. The summed E-state index contributed by atoms with van der Waals surface area (Å²) in [5.74, 6) is 1.99. The molecule has 3 aromatic rings. The van der Waals surface area contributed by atoms with Crippen LogP contribution in [0, 0.1) is 6.92 Å². The SMILES string of the molecule is CO[C@@H]1CC[C@H](c2nc(-c3cn[nH]c3C)nn2CCc2cnc[nH]2)C[C@H]1N. The van der Waals surface area contributed by atoms with Gasteiger partial charge >= 0.3 is 0 Å². The van der Waals surface area contributed by atoms with E-state index in [0.717, 1.165) is 55.0 Å². The normalized spacial score (nSPS) is 23.0. The average molecular weight is 370 g/mol. The molecule has 3 atom stereocenters. The highest BCUT2D eigenvalue weighted by atomic mass is 16.5. The van der Waals surface area contributed by atoms with E-state index in [-0.39, 0.29) is 18.1 Å². The number of methoxy groups -OCH3 is 1. The predicted molar refractivity (Wildman–Crippen MR) is 100.0 cm³/mol. The molecule has 0 spiro atoms. The van der Waals surface area contributed by atoms with E-state index in [9.17, 15) is 0 Å². The number of H-pyrrole nitrogens is 2. The number of aromatic amines is 2. The Morgan fingerprint density at radius 1 is 1.33 bits per heavy atom. The molecule has 144 valence electrons. The Kier molecular flexibility index (Phi) is 5.04. The summed E-state index contributed by atoms with van der Waals surface area (Å²) in [4.78, 5) is 12.1. The summed E-state index contributed by atoms with van der Waals surface area (Å²) >= 11 is 0. The fourth-order valence-electron chi connectivity index (χ4n) is 3.86. The molecule has 0 radical (unpaired) electrons. The van der Waals surface area contributed by atoms with E-state index < -0.39 is 0 Å². The van der Waals surface area contributed by atoms with Gasteiger partial charge < -0.3 is 15.5 Å². The molecule has 1 saturated carbocycles. The Balaban J connectivity index is 1.61. The van der Waals surface area contributed by atoms with E-state index >= 15 is 0 Å². The smallest absolute Gasteiger partial charge is 0.184 e. The van der Waals surface area contributed by atoms with E-state index in [1.54, 1.807) is 19.6 Å². The molecule has 0 aromatic carbocycles. The molecule has 1 fully saturated rings. The van der Waals surface area contributed by atoms with Gasteiger partial charge in [-0.25, -0.2) is 14.6 Å². The Bertz CT molecular complexity index is 868. The van der Waals surface area contributed by atoms with Gasteiger partial charge in [0.25, 0.3) is 0 Å². The summed E-state index contributed by atoms with van der Waals surface area (Å²) in [5, 5.41) is 11.9. The van der Waals surface area contributed by atoms with Crippen LogP contribution in [0.4, 0.5) is 0 Å². The molecule has 0 bridgehead atoms. The fraction of sp³-hybridized carbons (Fsp3) is 0.556. The van der Waals surface area contributed by atoms with Crippen molar-refractivity contribution in [2.75, 3.05) is 7.11 Å². The van der Waals surface area contributed by atoms with E-state index in [1.807, 2.05) is 17.8 Å². The molecule has 1 aliphatic carbocycles. The minimum atomic E-state index is 0.0191. The molecule has 0 aliphatic heterocycles. The van der Waals surface area contributed by atoms with Crippen LogP contribution in [-0.2, 0) is 17.7 Å². The Hall–Kier alpha value is -2.52. The number of nitrogens with two attached hydrogens (primary N) is 1. The zero-order valence-electron chi connectivity index (χ0n) is 15.7. The summed E-state index contributed by atoms with van der Waals surface area (Å²) in [6, 6.07) is 0.0191. The molecule has 9 nitrogen and oxygen atoms in total. The lowest BCUT2D eigenvalue weighted by molar-refractivity contribution is 0.0480. The number of ether oxygens (including phenoxy) is 1. The van der Waals surface area contributed by atoms with Gasteiger partial charge in [0.2, 0.25) is 0 Å². The van der Waals surface area contributed by atoms with Crippen molar-refractivity contribution in [2.24, 2.45) is 5.73 Å². The second kappa shape index (κ2) is 7.61. The zero-order valence-corrected chi connectivity index (χ0v) is 15.7. The van der Waals surface area contributed by atoms with Gasteiger partial charge in [0, 0.05) is 49.6 Å². The standard InChI is InChI=1S/C18H26N8O/c1-11-14(9-22-24-11)17-23-18(12-3-4-16(27-2)15(19)7-12)26(25-17)6-5-13-8-20-10-21-13/h8-10,12,15-16H,3-7,19H2,1-2H3,(H,20,21)(H,22,24)/t12-,15+,16+/m0/s1. The third-order valence-corrected chi connectivity index (χ3v) is 5.42. The van der Waals surface area contributed by atoms with Gasteiger partial charge in [0.05, 0.1) is 24.2 Å². The number of nitrogens with zero attached hydrogens (tertiary/aromatic N) is 5. The van der Waals surface area contributed by atoms with Crippen molar-refractivity contribution in [2.45, 2.75) is 57.2 Å². The first-order valence-corrected chi connectivity index (χ1v) is 9.36. The molecule has 3 heterocycles. The summed E-state index contributed by atoms with van der Waals surface area (Å²) in [6.45, 7) is 2.72. The lowest BCUT2D eigenvalue weighted by Crippen LogP contribution is -2.41. The van der Waals surface area contributed by atoms with Gasteiger partial charge in [-0.1, -0.05) is 0 Å². The summed E-state index contributed by atoms with van der Waals surface area (Å²) in [5.41, 5.74) is 9.32. The lowest BCUT2D eigenvalue weighted by atomic mass is 9.83. The van der Waals surface area contributed by atoms with E-state index in [1.165, 1.54) is 0 Å². The minimum absolute atomic E-state index is 0.0191. The number of aromatic nitrogens is 7. The Morgan fingerprint density at radius 3 is 2.89 bits per heavy atom. The van der Waals surface area contributed by atoms with E-state index in [2.05, 4.69) is 20.2 Å². The third kappa shape index (κ3) is 3.65. The number of nitrogens with one attached hydrogen (secondary N) is 2. The van der Waals surface area contributed by atoms with Gasteiger partial charge in [-0.15, -0.1) is 0 Å². The van der Waals surface area contributed by atoms with Crippen LogP contribution in [0.15, 0.2) is 18.7 Å². The topological polar surface area (TPSA) is 123 Å². The summed E-state index contributed by atoms with van der Waals surface area (Å²) in [7, 11) is 1.73. The van der Waals surface area contributed by atoms with Crippen LogP contribution in [0.3, 0.4) is 0 Å². The maximum atomic E-state index is 6.33. The number of hydrogen-bond acceptors (Lipinski definition) is 6. The van der Waals surface area contributed by atoms with Crippen LogP contribution >= 0.6 is 0 Å². The van der Waals surface area contributed by atoms with Crippen molar-refractivity contribution in [3.8, 4) is 11.4 Å². The summed E-state index contributed by atoms with van der Waals surface area (Å²) < 4.78 is 7.52. The van der Waals surface area contributed by atoms with Crippen molar-refractivity contribution in [1.29, 1.82) is 0 Å². The molecule has 4 rings (SSSR count). The average Bonchev–Trinajstić information content (AvgIpc) is 3.40. The van der Waals surface area contributed by atoms with Crippen molar-refractivity contribution >= 4 is 0 Å². The van der Waals surface area contributed by atoms with Gasteiger partial charge in [0.1, 0.15) is 5.82 Å². The van der Waals surface area contributed by atoms with Crippen LogP contribution in [0.5, 0.6) is 0 Å². The summed E-state index contributed by atoms with van der Waals surface area (Å²) in [6.07, 6.45) is 9.05. The highest BCUT2D eigenvalue weighted by Crippen LogP contribution is 2.33. The van der Waals surface area contributed by atoms with Crippen LogP contribution in [0.25, 0.3) is 11.4 Å². The molecule has 27 heavy (non-hydrogen) atoms. The quantitative estimate of drug-likeness (QED) is 0.605. The van der Waals surface area contributed by atoms with Crippen molar-refractivity contribution in [3.63, 3.8) is 0 Å². The minimum Gasteiger partial charge on any atom is -0.380 e. The second-order valence-electron chi connectivity index (χ2n) is 7.20. The molecule has 3 aromatic heterocycles. The van der Waals surface area contributed by atoms with Crippen LogP contribution in [0.1, 0.15) is 42.4 Å². The highest BCUT2D eigenvalue weighted by Gasteiger charge is 2.32. The highest BCUT2D eigenvalue weighted by molar-refractivity contribution is 5.56. The van der Waals surface area contributed by atoms with Gasteiger partial charge in [-0.3, -0.25) is 5.10 Å². The van der Waals surface area contributed by atoms with Crippen LogP contribution in [0.2, 0.25) is 0 Å². The Labute approximate surface area is 157 Å². The van der Waals surface area contributed by atoms with Gasteiger partial charge in [-0.2, -0.15) is 10.2 Å². The first-order chi connectivity index (χ1) is 13.2. The van der Waals surface area contributed by atoms with Crippen molar-refractivity contribution in [1.82, 2.24) is 34.9 Å². The molecule has 0 saturated heterocycles. The molecule has 9 heteroatoms. The third-order valence-electron chi connectivity index (χ3n) is 5.42. The van der Waals surface area contributed by atoms with Gasteiger partial charge in [0.15, 0.2) is 5.82 Å². The lowest BCUT2D eigenvalue weighted by Gasteiger charge is -2.32. The fourth-order valence-corrected chi connectivity index (χ4v) is 3.86. The first kappa shape index (κ1) is 17.9. The molecule has 0 unspecified atom stereocenters. The van der Waals surface area contributed by atoms with E-state index in [4.69, 9.17) is 20.6 Å². The number of rotatable bonds is 6. The Morgan fingerprint density at radius 2 is 2.22 bits per heavy atom. The van der Waals surface area contributed by atoms with Crippen LogP contribution in [-0.4, -0.2) is 54.2 Å². The van der Waals surface area contributed by atoms with Crippen LogP contribution < -0.4 is 5.73 Å². The van der Waals surface area contributed by atoms with Gasteiger partial charge in [-0.05, 0) is 26.2 Å². The van der Waals surface area contributed by atoms with Crippen molar-refractivity contribution < 1.29 is 4.74 Å². The molecule has 0 amide bonds. The predicted octanol–water partition coefficient (Wildman–Crippen LogP) is 1.55. The number of hydrogen-bond donors (Lipinski definition) is 3. The van der Waals surface area contributed by atoms with Crippen molar-refractivity contribution in [3.05, 3.63) is 35.9 Å². The molecule has 1 aliphatic rings. The van der Waals surface area contributed by atoms with E-state index in [0.29, 0.717) is 5.82 Å². The second-order valence-corrected chi connectivity index (χ2v) is 7.20. The number of aryl methyl sites for hydroxylation is 3.